The quantitative estimate of drug-likeness (QED) is 0.335. The largest absolute Gasteiger partial charge is 0.424 e. The van der Waals surface area contributed by atoms with Crippen LogP contribution in [0.1, 0.15) is 0 Å². The standard InChI is InChI=1S/C18H26N6O3/c1-2-9-20-16-22-17(21-10-12-26-14-13-25-11-8-19)24-18(23-16)27-15-6-4-3-5-7-15/h2-7H,1,8-14,19H2,(H2,20,21,22,23,24). The number of hydrogen-bond donors (Lipinski definition) is 3. The molecule has 0 atom stereocenters. The van der Waals surface area contributed by atoms with Crippen LogP contribution in [0.25, 0.3) is 0 Å². The summed E-state index contributed by atoms with van der Waals surface area (Å²) in [5.74, 6) is 1.44. The van der Waals surface area contributed by atoms with Gasteiger partial charge in [-0.25, -0.2) is 0 Å². The van der Waals surface area contributed by atoms with Gasteiger partial charge in [0, 0.05) is 19.6 Å². The fraction of sp³-hybridized carbons (Fsp3) is 0.389. The number of nitrogens with two attached hydrogens (primary N) is 1. The second-order valence-electron chi connectivity index (χ2n) is 5.29. The van der Waals surface area contributed by atoms with Gasteiger partial charge in [0.05, 0.1) is 26.4 Å². The highest BCUT2D eigenvalue weighted by atomic mass is 16.5. The minimum Gasteiger partial charge on any atom is -0.424 e. The first-order valence-corrected chi connectivity index (χ1v) is 8.75. The van der Waals surface area contributed by atoms with E-state index in [1.54, 1.807) is 6.08 Å². The summed E-state index contributed by atoms with van der Waals surface area (Å²) in [4.78, 5) is 12.8. The van der Waals surface area contributed by atoms with Crippen molar-refractivity contribution in [2.75, 3.05) is 56.7 Å². The predicted molar refractivity (Wildman–Crippen MR) is 104 cm³/mol. The number of hydrogen-bond acceptors (Lipinski definition) is 9. The minimum absolute atomic E-state index is 0.196. The number of nitrogens with zero attached hydrogens (tertiary/aromatic N) is 3. The lowest BCUT2D eigenvalue weighted by molar-refractivity contribution is 0.0547. The maximum Gasteiger partial charge on any atom is 0.328 e. The minimum atomic E-state index is 0.196. The number of rotatable bonds is 14. The van der Waals surface area contributed by atoms with Crippen LogP contribution >= 0.6 is 0 Å². The van der Waals surface area contributed by atoms with Gasteiger partial charge in [0.15, 0.2) is 0 Å². The van der Waals surface area contributed by atoms with Gasteiger partial charge in [0.1, 0.15) is 5.75 Å². The van der Waals surface area contributed by atoms with Crippen molar-refractivity contribution >= 4 is 11.9 Å². The Hall–Kier alpha value is -2.75. The molecule has 4 N–H and O–H groups in total. The van der Waals surface area contributed by atoms with Gasteiger partial charge in [0.25, 0.3) is 0 Å². The molecule has 1 aromatic carbocycles. The Morgan fingerprint density at radius 2 is 1.63 bits per heavy atom. The van der Waals surface area contributed by atoms with Crippen molar-refractivity contribution in [1.29, 1.82) is 0 Å². The average Bonchev–Trinajstić information content (AvgIpc) is 2.69. The van der Waals surface area contributed by atoms with E-state index in [9.17, 15) is 0 Å². The molecular formula is C18H26N6O3. The molecule has 9 nitrogen and oxygen atoms in total. The van der Waals surface area contributed by atoms with Crippen molar-refractivity contribution in [1.82, 2.24) is 15.0 Å². The van der Waals surface area contributed by atoms with E-state index < -0.39 is 0 Å². The third-order valence-corrected chi connectivity index (χ3v) is 3.14. The fourth-order valence-electron chi connectivity index (χ4n) is 1.96. The van der Waals surface area contributed by atoms with Crippen LogP contribution in [0.5, 0.6) is 11.8 Å². The van der Waals surface area contributed by atoms with E-state index >= 15 is 0 Å². The molecule has 0 saturated heterocycles. The summed E-state index contributed by atoms with van der Waals surface area (Å²) in [7, 11) is 0. The second kappa shape index (κ2) is 12.6. The molecular weight excluding hydrogens is 348 g/mol. The van der Waals surface area contributed by atoms with Gasteiger partial charge < -0.3 is 30.6 Å². The van der Waals surface area contributed by atoms with Crippen molar-refractivity contribution < 1.29 is 14.2 Å². The Balaban J connectivity index is 1.87. The Bertz CT molecular complexity index is 671. The van der Waals surface area contributed by atoms with Crippen LogP contribution in [0.4, 0.5) is 11.9 Å². The Morgan fingerprint density at radius 3 is 2.33 bits per heavy atom. The SMILES string of the molecule is C=CCNc1nc(NCCOCCOCCN)nc(Oc2ccccc2)n1. The van der Waals surface area contributed by atoms with Crippen LogP contribution in [0, 0.1) is 0 Å². The van der Waals surface area contributed by atoms with Gasteiger partial charge in [-0.05, 0) is 12.1 Å². The van der Waals surface area contributed by atoms with Crippen molar-refractivity contribution in [3.05, 3.63) is 43.0 Å². The van der Waals surface area contributed by atoms with Gasteiger partial charge in [0.2, 0.25) is 11.9 Å². The van der Waals surface area contributed by atoms with Gasteiger partial charge in [-0.15, -0.1) is 6.58 Å². The first kappa shape index (κ1) is 20.6. The number of aromatic nitrogens is 3. The molecule has 0 bridgehead atoms. The number of ether oxygens (including phenoxy) is 3. The lowest BCUT2D eigenvalue weighted by Crippen LogP contribution is -2.16. The molecule has 0 aliphatic heterocycles. The zero-order valence-corrected chi connectivity index (χ0v) is 15.3. The third-order valence-electron chi connectivity index (χ3n) is 3.14. The molecule has 2 rings (SSSR count). The molecule has 27 heavy (non-hydrogen) atoms. The molecule has 1 aromatic heterocycles. The van der Waals surface area contributed by atoms with Crippen LogP contribution in [-0.4, -0.2) is 61.0 Å². The molecule has 9 heteroatoms. The molecule has 0 amide bonds. The maximum atomic E-state index is 5.70. The van der Waals surface area contributed by atoms with E-state index in [0.717, 1.165) is 0 Å². The fourth-order valence-corrected chi connectivity index (χ4v) is 1.96. The smallest absolute Gasteiger partial charge is 0.328 e. The third kappa shape index (κ3) is 8.45. The highest BCUT2D eigenvalue weighted by Gasteiger charge is 2.08. The van der Waals surface area contributed by atoms with Crippen molar-refractivity contribution in [2.24, 2.45) is 5.73 Å². The first-order chi connectivity index (χ1) is 13.3. The van der Waals surface area contributed by atoms with Crippen molar-refractivity contribution in [2.45, 2.75) is 0 Å². The van der Waals surface area contributed by atoms with Gasteiger partial charge in [-0.1, -0.05) is 24.3 Å². The summed E-state index contributed by atoms with van der Waals surface area (Å²) >= 11 is 0. The summed E-state index contributed by atoms with van der Waals surface area (Å²) in [5, 5.41) is 6.13. The number of para-hydroxylation sites is 1. The molecule has 1 heterocycles. The van der Waals surface area contributed by atoms with E-state index in [1.165, 1.54) is 0 Å². The normalized spacial score (nSPS) is 10.4. The summed E-state index contributed by atoms with van der Waals surface area (Å²) in [5.41, 5.74) is 5.34. The second-order valence-corrected chi connectivity index (χ2v) is 5.29. The molecule has 0 aliphatic rings. The van der Waals surface area contributed by atoms with Crippen LogP contribution in [0.15, 0.2) is 43.0 Å². The van der Waals surface area contributed by atoms with E-state index in [0.29, 0.717) is 63.7 Å². The number of nitrogens with one attached hydrogen (secondary N) is 2. The van der Waals surface area contributed by atoms with Crippen LogP contribution in [0.3, 0.4) is 0 Å². The monoisotopic (exact) mass is 374 g/mol. The zero-order chi connectivity index (χ0) is 19.2. The van der Waals surface area contributed by atoms with E-state index in [2.05, 4.69) is 32.2 Å². The molecule has 146 valence electrons. The van der Waals surface area contributed by atoms with Gasteiger partial charge in [-0.2, -0.15) is 15.0 Å². The van der Waals surface area contributed by atoms with E-state index in [-0.39, 0.29) is 6.01 Å². The summed E-state index contributed by atoms with van der Waals surface area (Å²) < 4.78 is 16.4. The highest BCUT2D eigenvalue weighted by Crippen LogP contribution is 2.19. The summed E-state index contributed by atoms with van der Waals surface area (Å²) in [6.07, 6.45) is 1.72. The summed E-state index contributed by atoms with van der Waals surface area (Å²) in [6, 6.07) is 9.51. The first-order valence-electron chi connectivity index (χ1n) is 8.75. The summed E-state index contributed by atoms with van der Waals surface area (Å²) in [6.45, 7) is 7.30. The molecule has 0 aliphatic carbocycles. The van der Waals surface area contributed by atoms with Crippen LogP contribution in [-0.2, 0) is 9.47 Å². The van der Waals surface area contributed by atoms with Crippen LogP contribution < -0.4 is 21.1 Å². The van der Waals surface area contributed by atoms with Gasteiger partial charge >= 0.3 is 6.01 Å². The number of anilines is 2. The number of benzene rings is 1. The molecule has 0 spiro atoms. The van der Waals surface area contributed by atoms with Crippen LogP contribution in [0.2, 0.25) is 0 Å². The Labute approximate surface area is 159 Å². The van der Waals surface area contributed by atoms with E-state index in [4.69, 9.17) is 19.9 Å². The van der Waals surface area contributed by atoms with Crippen molar-refractivity contribution in [3.63, 3.8) is 0 Å². The topological polar surface area (TPSA) is 116 Å². The zero-order valence-electron chi connectivity index (χ0n) is 15.3. The lowest BCUT2D eigenvalue weighted by Gasteiger charge is -2.10. The lowest BCUT2D eigenvalue weighted by atomic mass is 10.3. The molecule has 0 saturated carbocycles. The molecule has 0 fully saturated rings. The average molecular weight is 374 g/mol. The Morgan fingerprint density at radius 1 is 0.926 bits per heavy atom. The van der Waals surface area contributed by atoms with E-state index in [1.807, 2.05) is 30.3 Å². The van der Waals surface area contributed by atoms with Gasteiger partial charge in [-0.3, -0.25) is 0 Å². The predicted octanol–water partition coefficient (Wildman–Crippen LogP) is 1.67. The maximum absolute atomic E-state index is 5.70. The molecule has 0 unspecified atom stereocenters. The Kier molecular flexibility index (Phi) is 9.58. The highest BCUT2D eigenvalue weighted by molar-refractivity contribution is 5.37. The molecule has 0 radical (unpaired) electrons. The molecule has 2 aromatic rings. The van der Waals surface area contributed by atoms with Crippen molar-refractivity contribution in [3.8, 4) is 11.8 Å².